The fourth-order valence-corrected chi connectivity index (χ4v) is 2.02. The third-order valence-electron chi connectivity index (χ3n) is 2.77. The summed E-state index contributed by atoms with van der Waals surface area (Å²) in [4.78, 5) is 11.7. The van der Waals surface area contributed by atoms with Crippen LogP contribution in [0.5, 0.6) is 0 Å². The standard InChI is InChI=1S/C12H23NO2/c1-12(2,3)8-11(15)13-9-6-4-5-7-10(9)14/h9-10,14H,4-8H2,1-3H3,(H,13,15)/t9-,10-/m1/s1. The highest BCUT2D eigenvalue weighted by atomic mass is 16.3. The van der Waals surface area contributed by atoms with E-state index in [1.807, 2.05) is 20.8 Å². The largest absolute Gasteiger partial charge is 0.391 e. The first kappa shape index (κ1) is 12.5. The van der Waals surface area contributed by atoms with E-state index in [1.165, 1.54) is 0 Å². The third-order valence-corrected chi connectivity index (χ3v) is 2.77. The molecule has 1 amide bonds. The molecule has 0 aliphatic heterocycles. The summed E-state index contributed by atoms with van der Waals surface area (Å²) >= 11 is 0. The first-order chi connectivity index (χ1) is 6.88. The number of carbonyl (C=O) groups is 1. The normalized spacial score (nSPS) is 27.5. The second-order valence-electron chi connectivity index (χ2n) is 5.76. The first-order valence-electron chi connectivity index (χ1n) is 5.86. The number of aliphatic hydroxyl groups excluding tert-OH is 1. The molecule has 0 spiro atoms. The molecule has 1 fully saturated rings. The predicted molar refractivity (Wildman–Crippen MR) is 60.5 cm³/mol. The molecule has 3 nitrogen and oxygen atoms in total. The van der Waals surface area contributed by atoms with Gasteiger partial charge < -0.3 is 10.4 Å². The first-order valence-corrected chi connectivity index (χ1v) is 5.86. The van der Waals surface area contributed by atoms with E-state index >= 15 is 0 Å². The lowest BCUT2D eigenvalue weighted by atomic mass is 9.90. The Morgan fingerprint density at radius 3 is 2.47 bits per heavy atom. The Labute approximate surface area is 92.3 Å². The monoisotopic (exact) mass is 213 g/mol. The van der Waals surface area contributed by atoms with Gasteiger partial charge in [-0.1, -0.05) is 33.6 Å². The molecule has 1 aliphatic carbocycles. The molecule has 88 valence electrons. The zero-order valence-corrected chi connectivity index (χ0v) is 10.0. The van der Waals surface area contributed by atoms with Gasteiger partial charge >= 0.3 is 0 Å². The van der Waals surface area contributed by atoms with E-state index in [0.29, 0.717) is 6.42 Å². The molecule has 0 aromatic carbocycles. The van der Waals surface area contributed by atoms with Crippen molar-refractivity contribution < 1.29 is 9.90 Å². The summed E-state index contributed by atoms with van der Waals surface area (Å²) in [5, 5.41) is 12.6. The van der Waals surface area contributed by atoms with E-state index < -0.39 is 0 Å². The number of aliphatic hydroxyl groups is 1. The van der Waals surface area contributed by atoms with Crippen molar-refractivity contribution in [1.82, 2.24) is 5.32 Å². The van der Waals surface area contributed by atoms with Crippen LogP contribution in [-0.4, -0.2) is 23.2 Å². The molecule has 0 bridgehead atoms. The summed E-state index contributed by atoms with van der Waals surface area (Å²) in [5.41, 5.74) is 0.0176. The van der Waals surface area contributed by atoms with Crippen LogP contribution in [0, 0.1) is 5.41 Å². The van der Waals surface area contributed by atoms with Gasteiger partial charge in [0, 0.05) is 6.42 Å². The Hall–Kier alpha value is -0.570. The van der Waals surface area contributed by atoms with Gasteiger partial charge in [0.15, 0.2) is 0 Å². The lowest BCUT2D eigenvalue weighted by Crippen LogP contribution is -2.45. The summed E-state index contributed by atoms with van der Waals surface area (Å²) in [6.07, 6.45) is 4.10. The minimum absolute atomic E-state index is 0.0176. The van der Waals surface area contributed by atoms with Crippen molar-refractivity contribution in [3.63, 3.8) is 0 Å². The van der Waals surface area contributed by atoms with Gasteiger partial charge in [-0.3, -0.25) is 4.79 Å². The highest BCUT2D eigenvalue weighted by Gasteiger charge is 2.25. The van der Waals surface area contributed by atoms with E-state index in [4.69, 9.17) is 0 Å². The second-order valence-corrected chi connectivity index (χ2v) is 5.76. The van der Waals surface area contributed by atoms with Crippen LogP contribution in [0.2, 0.25) is 0 Å². The smallest absolute Gasteiger partial charge is 0.220 e. The number of rotatable bonds is 2. The molecular weight excluding hydrogens is 190 g/mol. The molecule has 1 rings (SSSR count). The van der Waals surface area contributed by atoms with Crippen LogP contribution in [-0.2, 0) is 4.79 Å². The molecule has 0 heterocycles. The number of nitrogens with one attached hydrogen (secondary N) is 1. The molecule has 0 radical (unpaired) electrons. The van der Waals surface area contributed by atoms with Crippen molar-refractivity contribution in [1.29, 1.82) is 0 Å². The molecule has 0 unspecified atom stereocenters. The van der Waals surface area contributed by atoms with E-state index in [0.717, 1.165) is 25.7 Å². The summed E-state index contributed by atoms with van der Waals surface area (Å²) < 4.78 is 0. The van der Waals surface area contributed by atoms with Gasteiger partial charge in [0.25, 0.3) is 0 Å². The Morgan fingerprint density at radius 1 is 1.33 bits per heavy atom. The SMILES string of the molecule is CC(C)(C)CC(=O)N[C@@H]1CCCC[C@H]1O. The summed E-state index contributed by atoms with van der Waals surface area (Å²) in [6.45, 7) is 6.14. The van der Waals surface area contributed by atoms with Gasteiger partial charge in [-0.2, -0.15) is 0 Å². The van der Waals surface area contributed by atoms with E-state index in [2.05, 4.69) is 5.32 Å². The van der Waals surface area contributed by atoms with Gasteiger partial charge in [0.05, 0.1) is 12.1 Å². The molecule has 2 atom stereocenters. The number of hydrogen-bond acceptors (Lipinski definition) is 2. The fraction of sp³-hybridized carbons (Fsp3) is 0.917. The second kappa shape index (κ2) is 4.97. The van der Waals surface area contributed by atoms with Gasteiger partial charge in [-0.05, 0) is 18.3 Å². The van der Waals surface area contributed by atoms with Crippen LogP contribution in [0.25, 0.3) is 0 Å². The third kappa shape index (κ3) is 4.65. The van der Waals surface area contributed by atoms with Crippen LogP contribution < -0.4 is 5.32 Å². The quantitative estimate of drug-likeness (QED) is 0.735. The zero-order valence-electron chi connectivity index (χ0n) is 10.0. The maximum atomic E-state index is 11.7. The lowest BCUT2D eigenvalue weighted by Gasteiger charge is -2.29. The highest BCUT2D eigenvalue weighted by Crippen LogP contribution is 2.21. The molecule has 15 heavy (non-hydrogen) atoms. The Morgan fingerprint density at radius 2 is 1.93 bits per heavy atom. The Balaban J connectivity index is 2.36. The molecule has 0 aromatic rings. The average Bonchev–Trinajstić information content (AvgIpc) is 2.05. The van der Waals surface area contributed by atoms with Gasteiger partial charge in [-0.25, -0.2) is 0 Å². The lowest BCUT2D eigenvalue weighted by molar-refractivity contribution is -0.124. The summed E-state index contributed by atoms with van der Waals surface area (Å²) in [6, 6.07) is -0.0198. The van der Waals surface area contributed by atoms with Crippen molar-refractivity contribution in [3.8, 4) is 0 Å². The van der Waals surface area contributed by atoms with Crippen LogP contribution in [0.15, 0.2) is 0 Å². The van der Waals surface area contributed by atoms with Gasteiger partial charge in [0.1, 0.15) is 0 Å². The number of hydrogen-bond donors (Lipinski definition) is 2. The van der Waals surface area contributed by atoms with E-state index in [9.17, 15) is 9.90 Å². The Bertz CT molecular complexity index is 220. The maximum absolute atomic E-state index is 11.7. The molecule has 2 N–H and O–H groups in total. The predicted octanol–water partition coefficient (Wildman–Crippen LogP) is 1.84. The number of amides is 1. The van der Waals surface area contributed by atoms with Crippen LogP contribution in [0.4, 0.5) is 0 Å². The van der Waals surface area contributed by atoms with E-state index in [-0.39, 0.29) is 23.5 Å². The van der Waals surface area contributed by atoms with Crippen molar-refractivity contribution in [3.05, 3.63) is 0 Å². The zero-order chi connectivity index (χ0) is 11.5. The number of carbonyl (C=O) groups excluding carboxylic acids is 1. The molecule has 3 heteroatoms. The van der Waals surface area contributed by atoms with Crippen LogP contribution in [0.1, 0.15) is 52.9 Å². The summed E-state index contributed by atoms with van der Waals surface area (Å²) in [5.74, 6) is 0.0634. The van der Waals surface area contributed by atoms with Crippen molar-refractivity contribution in [2.75, 3.05) is 0 Å². The topological polar surface area (TPSA) is 49.3 Å². The molecule has 0 aromatic heterocycles. The van der Waals surface area contributed by atoms with Crippen molar-refractivity contribution >= 4 is 5.91 Å². The highest BCUT2D eigenvalue weighted by molar-refractivity contribution is 5.76. The van der Waals surface area contributed by atoms with Gasteiger partial charge in [0.2, 0.25) is 5.91 Å². The molecule has 1 saturated carbocycles. The molecule has 0 saturated heterocycles. The minimum Gasteiger partial charge on any atom is -0.391 e. The minimum atomic E-state index is -0.345. The fourth-order valence-electron chi connectivity index (χ4n) is 2.02. The van der Waals surface area contributed by atoms with Crippen LogP contribution in [0.3, 0.4) is 0 Å². The van der Waals surface area contributed by atoms with E-state index in [1.54, 1.807) is 0 Å². The van der Waals surface area contributed by atoms with Crippen molar-refractivity contribution in [2.24, 2.45) is 5.41 Å². The average molecular weight is 213 g/mol. The maximum Gasteiger partial charge on any atom is 0.220 e. The van der Waals surface area contributed by atoms with Gasteiger partial charge in [-0.15, -0.1) is 0 Å². The summed E-state index contributed by atoms with van der Waals surface area (Å²) in [7, 11) is 0. The molecule has 1 aliphatic rings. The molecular formula is C12H23NO2. The van der Waals surface area contributed by atoms with Crippen molar-refractivity contribution in [2.45, 2.75) is 65.0 Å². The Kier molecular flexibility index (Phi) is 4.14. The van der Waals surface area contributed by atoms with Crippen LogP contribution >= 0.6 is 0 Å².